The molecule has 149 heavy (non-hydrogen) atoms. The molecule has 1 unspecified atom stereocenters. The van der Waals surface area contributed by atoms with E-state index in [1.54, 1.807) is 107 Å². The monoisotopic (exact) mass is 2200 g/mol. The maximum absolute atomic E-state index is 12.5. The van der Waals surface area contributed by atoms with Crippen LogP contribution >= 0.6 is 11.6 Å². The molecular weight excluding hydrogens is 2030 g/mol. The Morgan fingerprint density at radius 1 is 0.268 bits per heavy atom. The number of hydrogen-bond donors (Lipinski definition) is 12. The molecule has 6 aliphatic carbocycles. The molecule has 6 fully saturated rings. The number of nitrogens with one attached hydrogen (secondary N) is 12. The Morgan fingerprint density at radius 2 is 0.456 bits per heavy atom. The van der Waals surface area contributed by atoms with E-state index >= 15 is 0 Å². The molecular formula is C112H175ClN12O18S6. The molecule has 6 aromatic rings. The lowest BCUT2D eigenvalue weighted by atomic mass is 9.85. The molecule has 6 amide bonds. The Kier molecular flexibility index (Phi) is 51.5. The van der Waals surface area contributed by atoms with Crippen molar-refractivity contribution in [2.45, 2.75) is 410 Å². The molecule has 6 saturated carbocycles. The predicted octanol–water partition coefficient (Wildman–Crippen LogP) is 21.2. The first-order valence-electron chi connectivity index (χ1n) is 54.0. The molecule has 6 aliphatic rings. The Bertz CT molecular complexity index is 5890. The van der Waals surface area contributed by atoms with Gasteiger partial charge in [-0.2, -0.15) is 0 Å². The quantitative estimate of drug-likeness (QED) is 0.0174. The summed E-state index contributed by atoms with van der Waals surface area (Å²) in [6.45, 7) is 39.4. The third-order valence-corrected chi connectivity index (χ3v) is 40.7. The fourth-order valence-corrected chi connectivity index (χ4v) is 24.0. The van der Waals surface area contributed by atoms with E-state index in [2.05, 4.69) is 147 Å². The molecule has 12 N–H and O–H groups in total. The summed E-state index contributed by atoms with van der Waals surface area (Å²) in [6.07, 6.45) is 21.1. The molecule has 12 rings (SSSR count). The minimum absolute atomic E-state index is 0.0162. The molecule has 0 aliphatic heterocycles. The van der Waals surface area contributed by atoms with Crippen molar-refractivity contribution < 1.29 is 79.3 Å². The van der Waals surface area contributed by atoms with Gasteiger partial charge in [0.1, 0.15) is 0 Å². The fraction of sp³-hybridized carbons (Fsp3) is 0.625. The first-order chi connectivity index (χ1) is 69.8. The van der Waals surface area contributed by atoms with Gasteiger partial charge >= 0.3 is 0 Å². The SMILES string of the molecule is CC(C)S(=O)(=O)NC1CCC(C(=O)Nc2ccc(C(C)(C)C)cc2)CC1.CC(C)S(=O)(=O)NC1CCC(C(=O)Nc2ccc(Cl)cc2)CC1.CC(C)c1ccc(NC(=O)C2CCC(NS(=O)(=O)C(C)C)CC2)cc1.CCC(C)c1ccc(NC(=O)C2CCC(NS(=O)(=O)C(C)C)CC2)cc1.CCCc1ccc(NC(=O)C2CCC(NS(=O)(=O)C(C)C)CC2)cc1.CCc1ccc(NC(=O)C2CCC(NS(=O)(=O)C(C)C)CC2)cc1. The average molecular weight is 2210 g/mol. The van der Waals surface area contributed by atoms with Crippen LogP contribution in [0.2, 0.25) is 5.02 Å². The standard InChI is InChI=1S/2C20H32N2O3S.2C19H30N2O3S.C18H28N2O3S.C16H23ClN2O3S/c1-14(2)26(24,25)22-18-10-6-15(7-11-18)19(23)21-17-12-8-16(9-13-17)20(3,4)5;1-5-15(4)16-6-10-18(11-7-16)21-20(23)17-8-12-19(13-9-17)22-26(24,25)14(2)3;1-13(2)15-5-9-17(10-6-15)20-19(22)16-7-11-18(12-8-16)21-25(23,24)14(3)4;1-4-5-15-6-10-17(11-7-15)20-19(22)16-8-12-18(13-9-16)21-25(23,24)14(2)3;1-4-14-5-9-16(10-6-14)19-18(21)15-7-11-17(12-8-15)20-24(22,23)13(2)3;1-11(2)23(21,22)19-15-7-3-12(4-8-15)16(20)18-14-9-5-13(17)6-10-14/h8-9,12-15,18,22H,6-7,10-11H2,1-5H3,(H,21,23);6-7,10-11,14-15,17,19,22H,5,8-9,12-13H2,1-4H3,(H,21,23);5-6,9-10,13-14,16,18,21H,7-8,11-12H2,1-4H3,(H,20,22);6-7,10-11,14,16,18,21H,4-5,8-9,12-13H2,1-3H3,(H,20,22);5-6,9-10,13,15,17,20H,4,7-8,11-12H2,1-3H3,(H,19,21);5-6,9-12,15,19H,3-4,7-8H2,1-2H3,(H,18,20). The molecule has 834 valence electrons. The van der Waals surface area contributed by atoms with Crippen LogP contribution in [-0.2, 0) is 107 Å². The number of carbonyl (C=O) groups excluding carboxylic acids is 6. The molecule has 0 saturated heterocycles. The fourth-order valence-electron chi connectivity index (χ4n) is 18.1. The molecule has 0 radical (unpaired) electrons. The van der Waals surface area contributed by atoms with Gasteiger partial charge in [0, 0.05) is 111 Å². The normalized spacial score (nSPS) is 21.7. The first kappa shape index (κ1) is 128. The number of benzene rings is 6. The van der Waals surface area contributed by atoms with Gasteiger partial charge in [0.05, 0.1) is 31.5 Å². The number of amides is 6. The lowest BCUT2D eigenvalue weighted by Gasteiger charge is -2.29. The molecule has 37 heteroatoms. The highest BCUT2D eigenvalue weighted by molar-refractivity contribution is 7.91. The third kappa shape index (κ3) is 43.6. The summed E-state index contributed by atoms with van der Waals surface area (Å²) < 4.78 is 160. The molecule has 1 atom stereocenters. The van der Waals surface area contributed by atoms with Crippen molar-refractivity contribution in [1.29, 1.82) is 0 Å². The zero-order valence-electron chi connectivity index (χ0n) is 91.9. The minimum atomic E-state index is -3.25. The first-order valence-corrected chi connectivity index (χ1v) is 63.6. The van der Waals surface area contributed by atoms with E-state index < -0.39 is 91.6 Å². The van der Waals surface area contributed by atoms with Crippen molar-refractivity contribution in [3.8, 4) is 0 Å². The average Bonchev–Trinajstić information content (AvgIpc) is 0.834. The van der Waals surface area contributed by atoms with Gasteiger partial charge in [-0.25, -0.2) is 78.8 Å². The topological polar surface area (TPSA) is 452 Å². The molecule has 0 aromatic heterocycles. The van der Waals surface area contributed by atoms with Crippen molar-refractivity contribution >= 4 is 141 Å². The van der Waals surface area contributed by atoms with Crippen LogP contribution in [-0.4, -0.2) is 154 Å². The van der Waals surface area contributed by atoms with Crippen molar-refractivity contribution in [1.82, 2.24) is 28.3 Å². The second kappa shape index (κ2) is 60.1. The largest absolute Gasteiger partial charge is 0.326 e. The van der Waals surface area contributed by atoms with Crippen LogP contribution in [0.25, 0.3) is 0 Å². The number of aryl methyl sites for hydroxylation is 2. The maximum Gasteiger partial charge on any atom is 0.227 e. The second-order valence-electron chi connectivity index (χ2n) is 44.0. The predicted molar refractivity (Wildman–Crippen MR) is 608 cm³/mol. The number of carbonyl (C=O) groups is 6. The van der Waals surface area contributed by atoms with Gasteiger partial charge in [0.2, 0.25) is 95.6 Å². The van der Waals surface area contributed by atoms with Gasteiger partial charge in [-0.3, -0.25) is 28.8 Å². The Balaban J connectivity index is 0.000000242. The zero-order valence-corrected chi connectivity index (χ0v) is 97.5. The highest BCUT2D eigenvalue weighted by Gasteiger charge is 2.38. The van der Waals surface area contributed by atoms with Crippen LogP contribution in [0.5, 0.6) is 0 Å². The Morgan fingerprint density at radius 3 is 0.638 bits per heavy atom. The molecule has 0 heterocycles. The van der Waals surface area contributed by atoms with Gasteiger partial charge in [0.15, 0.2) is 0 Å². The van der Waals surface area contributed by atoms with Gasteiger partial charge in [-0.15, -0.1) is 0 Å². The summed E-state index contributed by atoms with van der Waals surface area (Å²) in [5, 5.41) is 15.9. The molecule has 0 bridgehead atoms. The molecule has 30 nitrogen and oxygen atoms in total. The van der Waals surface area contributed by atoms with E-state index in [9.17, 15) is 79.3 Å². The van der Waals surface area contributed by atoms with Crippen LogP contribution in [0.3, 0.4) is 0 Å². The summed E-state index contributed by atoms with van der Waals surface area (Å²) in [5.74, 6) is 0.796. The van der Waals surface area contributed by atoms with E-state index in [-0.39, 0.29) is 113 Å². The summed E-state index contributed by atoms with van der Waals surface area (Å²) in [5.41, 5.74) is 11.2. The van der Waals surface area contributed by atoms with E-state index in [0.29, 0.717) is 171 Å². The summed E-state index contributed by atoms with van der Waals surface area (Å²) >= 11 is 5.82. The van der Waals surface area contributed by atoms with Gasteiger partial charge in [0.25, 0.3) is 0 Å². The number of rotatable bonds is 36. The second-order valence-corrected chi connectivity index (χ2v) is 58.1. The van der Waals surface area contributed by atoms with Gasteiger partial charge in [-0.1, -0.05) is 141 Å². The number of halogens is 1. The van der Waals surface area contributed by atoms with Crippen LogP contribution in [0.1, 0.15) is 352 Å². The van der Waals surface area contributed by atoms with Crippen LogP contribution in [0.15, 0.2) is 146 Å². The third-order valence-electron chi connectivity index (χ3n) is 29.0. The van der Waals surface area contributed by atoms with Crippen LogP contribution in [0.4, 0.5) is 34.1 Å². The van der Waals surface area contributed by atoms with E-state index in [1.807, 2.05) is 97.1 Å². The lowest BCUT2D eigenvalue weighted by Crippen LogP contribution is -2.42. The number of anilines is 6. The zero-order chi connectivity index (χ0) is 111. The summed E-state index contributed by atoms with van der Waals surface area (Å²) in [7, 11) is -19.5. The molecule has 0 spiro atoms. The maximum atomic E-state index is 12.5. The van der Waals surface area contributed by atoms with Crippen molar-refractivity contribution in [2.75, 3.05) is 31.9 Å². The Labute approximate surface area is 898 Å². The number of hydrogen-bond acceptors (Lipinski definition) is 18. The van der Waals surface area contributed by atoms with E-state index in [4.69, 9.17) is 11.6 Å². The van der Waals surface area contributed by atoms with Crippen molar-refractivity contribution in [3.05, 3.63) is 178 Å². The van der Waals surface area contributed by atoms with Crippen molar-refractivity contribution in [2.24, 2.45) is 35.5 Å². The van der Waals surface area contributed by atoms with Crippen LogP contribution in [0, 0.1) is 35.5 Å². The highest BCUT2D eigenvalue weighted by Crippen LogP contribution is 2.36. The summed E-state index contributed by atoms with van der Waals surface area (Å²) in [4.78, 5) is 74.5. The smallest absolute Gasteiger partial charge is 0.227 e. The minimum Gasteiger partial charge on any atom is -0.326 e. The van der Waals surface area contributed by atoms with Gasteiger partial charge in [-0.05, 0) is 386 Å². The van der Waals surface area contributed by atoms with E-state index in [0.717, 1.165) is 59.8 Å². The van der Waals surface area contributed by atoms with Gasteiger partial charge < -0.3 is 31.9 Å². The molecule has 6 aromatic carbocycles. The summed E-state index contributed by atoms with van der Waals surface area (Å²) in [6, 6.07) is 46.6. The Hall–Kier alpha value is -8.11. The lowest BCUT2D eigenvalue weighted by molar-refractivity contribution is -0.121. The van der Waals surface area contributed by atoms with Crippen LogP contribution < -0.4 is 60.2 Å². The van der Waals surface area contributed by atoms with Crippen molar-refractivity contribution in [3.63, 3.8) is 0 Å². The number of sulfonamides is 6. The van der Waals surface area contributed by atoms with E-state index in [1.165, 1.54) is 27.8 Å². The highest BCUT2D eigenvalue weighted by atomic mass is 35.5.